The van der Waals surface area contributed by atoms with Crippen molar-refractivity contribution in [3.63, 3.8) is 0 Å². The molecule has 1 N–H and O–H groups in total. The molecule has 26 heavy (non-hydrogen) atoms. The Morgan fingerprint density at radius 3 is 2.46 bits per heavy atom. The van der Waals surface area contributed by atoms with Crippen molar-refractivity contribution in [3.8, 4) is 0 Å². The van der Waals surface area contributed by atoms with Gasteiger partial charge in [0.25, 0.3) is 0 Å². The van der Waals surface area contributed by atoms with E-state index in [1.54, 1.807) is 4.90 Å². The van der Waals surface area contributed by atoms with Crippen molar-refractivity contribution in [3.05, 3.63) is 35.9 Å². The molecule has 0 radical (unpaired) electrons. The molecule has 2 fully saturated rings. The zero-order valence-corrected chi connectivity index (χ0v) is 15.2. The average molecular weight is 361 g/mol. The van der Waals surface area contributed by atoms with E-state index in [2.05, 4.69) is 16.8 Å². The number of benzene rings is 1. The molecule has 0 unspecified atom stereocenters. The number of amides is 1. The number of piperazine rings is 1. The maximum Gasteiger partial charge on any atom is 0.410 e. The number of likely N-dealkylation sites (N-methyl/N-ethyl adjacent to an activating group) is 1. The topological polar surface area (TPSA) is 73.3 Å². The summed E-state index contributed by atoms with van der Waals surface area (Å²) in [5, 5.41) is 9.50. The highest BCUT2D eigenvalue weighted by Crippen LogP contribution is 2.23. The summed E-state index contributed by atoms with van der Waals surface area (Å²) in [6.07, 6.45) is 0.153. The van der Waals surface area contributed by atoms with Gasteiger partial charge in [0.1, 0.15) is 6.61 Å². The monoisotopic (exact) mass is 361 g/mol. The van der Waals surface area contributed by atoms with Gasteiger partial charge in [-0.1, -0.05) is 30.3 Å². The van der Waals surface area contributed by atoms with Crippen LogP contribution in [-0.4, -0.2) is 84.2 Å². The lowest BCUT2D eigenvalue weighted by Gasteiger charge is -2.43. The van der Waals surface area contributed by atoms with E-state index in [0.717, 1.165) is 31.7 Å². The molecule has 0 spiro atoms. The number of carbonyl (C=O) groups excluding carboxylic acids is 1. The SMILES string of the molecule is CN1CCN([C@@H]2C[C@@H](C(=O)O)CN(C(=O)OCc3ccccc3)C2)CC1. The van der Waals surface area contributed by atoms with Crippen LogP contribution in [0.4, 0.5) is 4.79 Å². The Kier molecular flexibility index (Phi) is 6.11. The quantitative estimate of drug-likeness (QED) is 0.873. The molecule has 0 aromatic heterocycles. The van der Waals surface area contributed by atoms with Gasteiger partial charge in [0, 0.05) is 45.3 Å². The largest absolute Gasteiger partial charge is 0.481 e. The van der Waals surface area contributed by atoms with Crippen LogP contribution in [0.2, 0.25) is 0 Å². The van der Waals surface area contributed by atoms with E-state index >= 15 is 0 Å². The first-order chi connectivity index (χ1) is 12.5. The van der Waals surface area contributed by atoms with E-state index in [1.165, 1.54) is 0 Å². The first-order valence-electron chi connectivity index (χ1n) is 9.14. The lowest BCUT2D eigenvalue weighted by molar-refractivity contribution is -0.144. The Hall–Kier alpha value is -2.12. The summed E-state index contributed by atoms with van der Waals surface area (Å²) in [5.41, 5.74) is 0.920. The lowest BCUT2D eigenvalue weighted by atomic mass is 9.93. The summed E-state index contributed by atoms with van der Waals surface area (Å²) in [6.45, 7) is 4.68. The van der Waals surface area contributed by atoms with Gasteiger partial charge in [-0.15, -0.1) is 0 Å². The number of likely N-dealkylation sites (tertiary alicyclic amines) is 1. The minimum absolute atomic E-state index is 0.0721. The van der Waals surface area contributed by atoms with E-state index in [4.69, 9.17) is 4.74 Å². The maximum atomic E-state index is 12.5. The number of hydrogen-bond acceptors (Lipinski definition) is 5. The van der Waals surface area contributed by atoms with Crippen molar-refractivity contribution >= 4 is 12.1 Å². The molecule has 1 aromatic rings. The normalized spacial score (nSPS) is 25.0. The van der Waals surface area contributed by atoms with E-state index in [-0.39, 0.29) is 19.2 Å². The van der Waals surface area contributed by atoms with Gasteiger partial charge in [-0.25, -0.2) is 4.79 Å². The van der Waals surface area contributed by atoms with Gasteiger partial charge in [-0.2, -0.15) is 0 Å². The third-order valence-corrected chi connectivity index (χ3v) is 5.30. The minimum Gasteiger partial charge on any atom is -0.481 e. The molecule has 0 aliphatic carbocycles. The first-order valence-corrected chi connectivity index (χ1v) is 9.14. The Balaban J connectivity index is 1.61. The van der Waals surface area contributed by atoms with Crippen LogP contribution in [-0.2, 0) is 16.1 Å². The van der Waals surface area contributed by atoms with Crippen LogP contribution >= 0.6 is 0 Å². The van der Waals surface area contributed by atoms with E-state index < -0.39 is 18.0 Å². The number of piperidine rings is 1. The molecule has 7 heteroatoms. The summed E-state index contributed by atoms with van der Waals surface area (Å²) in [4.78, 5) is 30.2. The highest BCUT2D eigenvalue weighted by Gasteiger charge is 2.37. The predicted octanol–water partition coefficient (Wildman–Crippen LogP) is 1.35. The van der Waals surface area contributed by atoms with Gasteiger partial charge in [0.2, 0.25) is 0 Å². The smallest absolute Gasteiger partial charge is 0.410 e. The summed E-state index contributed by atoms with van der Waals surface area (Å²) >= 11 is 0. The van der Waals surface area contributed by atoms with Crippen LogP contribution in [0.15, 0.2) is 30.3 Å². The number of ether oxygens (including phenoxy) is 1. The van der Waals surface area contributed by atoms with Crippen molar-refractivity contribution < 1.29 is 19.4 Å². The number of carboxylic acids is 1. The fourth-order valence-electron chi connectivity index (χ4n) is 3.66. The Bertz CT molecular complexity index is 616. The van der Waals surface area contributed by atoms with Crippen molar-refractivity contribution in [1.82, 2.24) is 14.7 Å². The lowest BCUT2D eigenvalue weighted by Crippen LogP contribution is -2.57. The van der Waals surface area contributed by atoms with Crippen molar-refractivity contribution in [2.24, 2.45) is 5.92 Å². The van der Waals surface area contributed by atoms with E-state index in [0.29, 0.717) is 13.0 Å². The zero-order valence-electron chi connectivity index (χ0n) is 15.2. The van der Waals surface area contributed by atoms with Crippen molar-refractivity contribution in [2.75, 3.05) is 46.3 Å². The number of aliphatic carboxylic acids is 1. The van der Waals surface area contributed by atoms with Crippen LogP contribution in [0.5, 0.6) is 0 Å². The number of hydrogen-bond donors (Lipinski definition) is 1. The molecule has 0 bridgehead atoms. The Labute approximate surface area is 154 Å². The Morgan fingerprint density at radius 2 is 1.81 bits per heavy atom. The van der Waals surface area contributed by atoms with Gasteiger partial charge in [-0.05, 0) is 19.0 Å². The standard InChI is InChI=1S/C19H27N3O4/c1-20-7-9-21(10-8-20)17-11-16(18(23)24)12-22(13-17)19(25)26-14-15-5-3-2-4-6-15/h2-6,16-17H,7-14H2,1H3,(H,23,24)/t16-,17-/m1/s1. The summed E-state index contributed by atoms with van der Waals surface area (Å²) in [6, 6.07) is 9.58. The number of rotatable bonds is 4. The van der Waals surface area contributed by atoms with Gasteiger partial charge in [-0.3, -0.25) is 9.69 Å². The van der Waals surface area contributed by atoms with Crippen LogP contribution in [0.1, 0.15) is 12.0 Å². The van der Waals surface area contributed by atoms with Gasteiger partial charge in [0.05, 0.1) is 5.92 Å². The number of nitrogens with zero attached hydrogens (tertiary/aromatic N) is 3. The molecule has 2 saturated heterocycles. The van der Waals surface area contributed by atoms with E-state index in [1.807, 2.05) is 30.3 Å². The molecule has 2 heterocycles. The van der Waals surface area contributed by atoms with E-state index in [9.17, 15) is 14.7 Å². The molecule has 1 aromatic carbocycles. The third-order valence-electron chi connectivity index (χ3n) is 5.30. The molecular weight excluding hydrogens is 334 g/mol. The fourth-order valence-corrected chi connectivity index (χ4v) is 3.66. The summed E-state index contributed by atoms with van der Waals surface area (Å²) in [5.74, 6) is -1.39. The predicted molar refractivity (Wildman–Crippen MR) is 96.8 cm³/mol. The maximum absolute atomic E-state index is 12.5. The molecule has 2 aliphatic rings. The minimum atomic E-state index is -0.843. The second kappa shape index (κ2) is 8.51. The van der Waals surface area contributed by atoms with Crippen LogP contribution in [0.3, 0.4) is 0 Å². The highest BCUT2D eigenvalue weighted by atomic mass is 16.6. The van der Waals surface area contributed by atoms with Gasteiger partial charge < -0.3 is 19.6 Å². The summed E-state index contributed by atoms with van der Waals surface area (Å²) in [7, 11) is 2.09. The molecule has 1 amide bonds. The number of carbonyl (C=O) groups is 2. The van der Waals surface area contributed by atoms with Gasteiger partial charge in [0.15, 0.2) is 0 Å². The first kappa shape index (κ1) is 18.7. The Morgan fingerprint density at radius 1 is 1.12 bits per heavy atom. The summed E-state index contributed by atoms with van der Waals surface area (Å²) < 4.78 is 5.42. The van der Waals surface area contributed by atoms with Gasteiger partial charge >= 0.3 is 12.1 Å². The van der Waals surface area contributed by atoms with Crippen molar-refractivity contribution in [2.45, 2.75) is 19.1 Å². The molecule has 142 valence electrons. The molecule has 3 rings (SSSR count). The zero-order chi connectivity index (χ0) is 18.5. The van der Waals surface area contributed by atoms with Crippen molar-refractivity contribution in [1.29, 1.82) is 0 Å². The van der Waals surface area contributed by atoms with Crippen LogP contribution in [0.25, 0.3) is 0 Å². The fraction of sp³-hybridized carbons (Fsp3) is 0.579. The van der Waals surface area contributed by atoms with Crippen LogP contribution in [0, 0.1) is 5.92 Å². The highest BCUT2D eigenvalue weighted by molar-refractivity contribution is 5.73. The molecule has 2 atom stereocenters. The molecular formula is C19H27N3O4. The molecule has 7 nitrogen and oxygen atoms in total. The average Bonchev–Trinajstić information content (AvgIpc) is 2.67. The number of carboxylic acid groups (broad SMARTS) is 1. The third kappa shape index (κ3) is 4.74. The molecule has 2 aliphatic heterocycles. The second-order valence-electron chi connectivity index (χ2n) is 7.21. The second-order valence-corrected chi connectivity index (χ2v) is 7.21. The van der Waals surface area contributed by atoms with Crippen LogP contribution < -0.4 is 0 Å². The molecule has 0 saturated carbocycles.